The van der Waals surface area contributed by atoms with Crippen molar-refractivity contribution in [3.05, 3.63) is 59.7 Å². The van der Waals surface area contributed by atoms with E-state index in [9.17, 15) is 25.9 Å². The number of hydrogen-bond acceptors (Lipinski definition) is 10. The van der Waals surface area contributed by atoms with Crippen LogP contribution in [0.2, 0.25) is 0 Å². The van der Waals surface area contributed by atoms with E-state index < -0.39 is 20.2 Å². The molecule has 0 amide bonds. The first-order chi connectivity index (χ1) is 15.7. The zero-order valence-corrected chi connectivity index (χ0v) is 23.2. The number of hydrogen-bond donors (Lipinski definition) is 0. The van der Waals surface area contributed by atoms with Crippen molar-refractivity contribution in [1.82, 2.24) is 0 Å². The average Bonchev–Trinajstić information content (AvgIpc) is 2.70. The van der Waals surface area contributed by atoms with E-state index in [2.05, 4.69) is 0 Å². The molecule has 0 spiro atoms. The molecule has 10 nitrogen and oxygen atoms in total. The molecule has 35 heavy (non-hydrogen) atoms. The fourth-order valence-electron chi connectivity index (χ4n) is 1.41. The van der Waals surface area contributed by atoms with Crippen LogP contribution in [0.5, 0.6) is 0 Å². The first-order valence-corrected chi connectivity index (χ1v) is 11.8. The summed E-state index contributed by atoms with van der Waals surface area (Å²) in [5, 5.41) is 29.3. The van der Waals surface area contributed by atoms with Crippen LogP contribution in [0.15, 0.2) is 58.3 Å². The molecule has 0 unspecified atom stereocenters. The van der Waals surface area contributed by atoms with Gasteiger partial charge in [-0.05, 0) is 38.1 Å². The molecule has 2 aromatic carbocycles. The van der Waals surface area contributed by atoms with E-state index in [1.807, 2.05) is 13.8 Å². The standard InChI is InChI=1S/2C7H8O3S.4C2H3N.Pd/c2*1-6-2-4-7(5-3-6)11(8,9)10;4*1-2-3;/h2*2-5H,1H3,(H,8,9,10);4*1H3;/q;;;;;;+2/p-2. The van der Waals surface area contributed by atoms with Crippen LogP contribution in [-0.2, 0) is 40.7 Å². The molecule has 0 radical (unpaired) electrons. The van der Waals surface area contributed by atoms with Gasteiger partial charge in [-0.15, -0.1) is 0 Å². The van der Waals surface area contributed by atoms with Crippen LogP contribution in [0.4, 0.5) is 0 Å². The van der Waals surface area contributed by atoms with Gasteiger partial charge < -0.3 is 9.11 Å². The van der Waals surface area contributed by atoms with Crippen molar-refractivity contribution in [1.29, 1.82) is 21.0 Å². The molecular weight excluding hydrogens is 587 g/mol. The van der Waals surface area contributed by atoms with Crippen molar-refractivity contribution in [3.63, 3.8) is 0 Å². The van der Waals surface area contributed by atoms with Crippen LogP contribution in [0.1, 0.15) is 38.8 Å². The van der Waals surface area contributed by atoms with E-state index in [-0.39, 0.29) is 30.2 Å². The molecule has 0 bridgehead atoms. The fourth-order valence-corrected chi connectivity index (χ4v) is 2.35. The van der Waals surface area contributed by atoms with Gasteiger partial charge in [-0.1, -0.05) is 35.4 Å². The van der Waals surface area contributed by atoms with Crippen LogP contribution in [0.3, 0.4) is 0 Å². The second-order valence-corrected chi connectivity index (χ2v) is 8.19. The average molecular weight is 613 g/mol. The summed E-state index contributed by atoms with van der Waals surface area (Å²) >= 11 is 0. The molecule has 13 heteroatoms. The van der Waals surface area contributed by atoms with E-state index >= 15 is 0 Å². The summed E-state index contributed by atoms with van der Waals surface area (Å²) in [6.45, 7) is 9.36. The van der Waals surface area contributed by atoms with Crippen LogP contribution in [-0.4, -0.2) is 25.9 Å². The molecule has 0 heterocycles. The quantitative estimate of drug-likeness (QED) is 0.352. The summed E-state index contributed by atoms with van der Waals surface area (Å²) in [5.41, 5.74) is 1.86. The van der Waals surface area contributed by atoms with E-state index in [1.165, 1.54) is 52.0 Å². The zero-order chi connectivity index (χ0) is 27.8. The second kappa shape index (κ2) is 25.5. The third-order valence-electron chi connectivity index (χ3n) is 2.62. The Labute approximate surface area is 222 Å². The Bertz CT molecular complexity index is 1070. The number of aryl methyl sites for hydroxylation is 2. The molecule has 0 atom stereocenters. The molecule has 0 fully saturated rings. The van der Waals surface area contributed by atoms with Crippen LogP contribution < -0.4 is 0 Å². The van der Waals surface area contributed by atoms with E-state index in [0.29, 0.717) is 0 Å². The Hall–Kier alpha value is -3.12. The van der Waals surface area contributed by atoms with Gasteiger partial charge in [0.2, 0.25) is 0 Å². The molecule has 2 aromatic rings. The van der Waals surface area contributed by atoms with Gasteiger partial charge in [-0.3, -0.25) is 0 Å². The molecule has 2 rings (SSSR count). The number of benzene rings is 2. The Morgan fingerprint density at radius 3 is 0.800 bits per heavy atom. The molecule has 0 aromatic heterocycles. The predicted molar refractivity (Wildman–Crippen MR) is 123 cm³/mol. The Morgan fingerprint density at radius 1 is 0.543 bits per heavy atom. The summed E-state index contributed by atoms with van der Waals surface area (Å²) in [7, 11) is -8.54. The van der Waals surface area contributed by atoms with Crippen molar-refractivity contribution >= 4 is 20.2 Å². The summed E-state index contributed by atoms with van der Waals surface area (Å²) in [4.78, 5) is -0.355. The summed E-state index contributed by atoms with van der Waals surface area (Å²) in [6, 6.07) is 18.6. The number of nitrogens with zero attached hydrogens (tertiary/aromatic N) is 4. The molecule has 0 saturated carbocycles. The Morgan fingerprint density at radius 2 is 0.686 bits per heavy atom. The molecule has 0 aliphatic carbocycles. The van der Waals surface area contributed by atoms with Gasteiger partial charge in [-0.2, -0.15) is 21.0 Å². The third-order valence-corrected chi connectivity index (χ3v) is 4.32. The first kappa shape index (κ1) is 42.1. The van der Waals surface area contributed by atoms with Crippen LogP contribution in [0, 0.1) is 59.2 Å². The van der Waals surface area contributed by atoms with E-state index in [1.54, 1.807) is 48.5 Å². The summed E-state index contributed by atoms with van der Waals surface area (Å²) in [5.74, 6) is 0. The number of nitriles is 4. The minimum Gasteiger partial charge on any atom is -0.744 e. The Kier molecular flexibility index (Phi) is 30.7. The normalized spacial score (nSPS) is 8.11. The topological polar surface area (TPSA) is 210 Å². The van der Waals surface area contributed by atoms with Gasteiger partial charge in [0.15, 0.2) is 0 Å². The predicted octanol–water partition coefficient (Wildman–Crippen LogP) is 3.92. The van der Waals surface area contributed by atoms with Gasteiger partial charge in [0.25, 0.3) is 0 Å². The van der Waals surface area contributed by atoms with Crippen molar-refractivity contribution in [2.45, 2.75) is 51.3 Å². The summed E-state index contributed by atoms with van der Waals surface area (Å²) in [6.07, 6.45) is 0. The largest absolute Gasteiger partial charge is 2.00 e. The van der Waals surface area contributed by atoms with Gasteiger partial charge in [0.05, 0.1) is 34.1 Å². The maximum absolute atomic E-state index is 10.4. The second-order valence-electron chi connectivity index (χ2n) is 5.43. The Balaban J connectivity index is -0.000000117. The SMILES string of the molecule is CC#N.CC#N.CC#N.CC#N.Cc1ccc(S(=O)(=O)[O-])cc1.Cc1ccc(S(=O)(=O)[O-])cc1.[Pd+2]. The van der Waals surface area contributed by atoms with Crippen molar-refractivity contribution < 1.29 is 46.4 Å². The van der Waals surface area contributed by atoms with Gasteiger partial charge >= 0.3 is 20.4 Å². The van der Waals surface area contributed by atoms with Crippen molar-refractivity contribution in [2.75, 3.05) is 0 Å². The minimum absolute atomic E-state index is 0. The fraction of sp³-hybridized carbons (Fsp3) is 0.273. The maximum atomic E-state index is 10.4. The third kappa shape index (κ3) is 30.9. The molecule has 0 aliphatic heterocycles. The van der Waals surface area contributed by atoms with Crippen molar-refractivity contribution in [2.24, 2.45) is 0 Å². The van der Waals surface area contributed by atoms with E-state index in [4.69, 9.17) is 21.0 Å². The zero-order valence-electron chi connectivity index (χ0n) is 20.0. The van der Waals surface area contributed by atoms with Gasteiger partial charge in [0, 0.05) is 27.7 Å². The van der Waals surface area contributed by atoms with Crippen LogP contribution >= 0.6 is 0 Å². The maximum Gasteiger partial charge on any atom is 2.00 e. The first-order valence-electron chi connectivity index (χ1n) is 8.95. The minimum atomic E-state index is -4.27. The monoisotopic (exact) mass is 612 g/mol. The molecular formula is C22H26N4O6PdS2. The molecule has 0 saturated heterocycles. The van der Waals surface area contributed by atoms with Gasteiger partial charge in [0.1, 0.15) is 20.2 Å². The number of rotatable bonds is 2. The smallest absolute Gasteiger partial charge is 0.744 e. The van der Waals surface area contributed by atoms with Crippen molar-refractivity contribution in [3.8, 4) is 24.3 Å². The molecule has 192 valence electrons. The van der Waals surface area contributed by atoms with Gasteiger partial charge in [-0.25, -0.2) is 16.8 Å². The van der Waals surface area contributed by atoms with Crippen LogP contribution in [0.25, 0.3) is 0 Å². The molecule has 0 aliphatic rings. The van der Waals surface area contributed by atoms with E-state index in [0.717, 1.165) is 11.1 Å². The summed E-state index contributed by atoms with van der Waals surface area (Å²) < 4.78 is 62.3. The molecule has 0 N–H and O–H groups in total.